The fourth-order valence-corrected chi connectivity index (χ4v) is 3.09. The predicted molar refractivity (Wildman–Crippen MR) is 77.8 cm³/mol. The van der Waals surface area contributed by atoms with Crippen molar-refractivity contribution < 1.29 is 5.11 Å². The van der Waals surface area contributed by atoms with E-state index in [-0.39, 0.29) is 0 Å². The van der Waals surface area contributed by atoms with E-state index in [1.807, 2.05) is 0 Å². The molecule has 108 valence electrons. The van der Waals surface area contributed by atoms with E-state index in [4.69, 9.17) is 0 Å². The van der Waals surface area contributed by atoms with Crippen LogP contribution in [0.4, 0.5) is 0 Å². The van der Waals surface area contributed by atoms with Crippen LogP contribution < -0.4 is 5.32 Å². The van der Waals surface area contributed by atoms with Gasteiger partial charge in [0.05, 0.1) is 0 Å². The van der Waals surface area contributed by atoms with E-state index in [0.717, 1.165) is 19.6 Å². The summed E-state index contributed by atoms with van der Waals surface area (Å²) in [5.74, 6) is 0.504. The highest BCUT2D eigenvalue weighted by Gasteiger charge is 2.30. The molecule has 0 aliphatic carbocycles. The standard InChI is InChI=1S/C15H32N2O/c1-4-15(5-2,12-16-6-3)13-17-9-7-8-14(10-17)11-18/h14,16,18H,4-13H2,1-3H3. The molecule has 0 saturated carbocycles. The summed E-state index contributed by atoms with van der Waals surface area (Å²) in [7, 11) is 0. The Hall–Kier alpha value is -0.120. The van der Waals surface area contributed by atoms with Crippen LogP contribution in [0.25, 0.3) is 0 Å². The van der Waals surface area contributed by atoms with Crippen molar-refractivity contribution in [2.75, 3.05) is 39.3 Å². The number of nitrogens with zero attached hydrogens (tertiary/aromatic N) is 1. The summed E-state index contributed by atoms with van der Waals surface area (Å²) < 4.78 is 0. The first-order valence-corrected chi connectivity index (χ1v) is 7.73. The molecule has 1 fully saturated rings. The van der Waals surface area contributed by atoms with Crippen molar-refractivity contribution >= 4 is 0 Å². The molecule has 1 atom stereocenters. The van der Waals surface area contributed by atoms with Gasteiger partial charge in [0.2, 0.25) is 0 Å². The van der Waals surface area contributed by atoms with Crippen LogP contribution in [-0.2, 0) is 0 Å². The van der Waals surface area contributed by atoms with Gasteiger partial charge in [0.15, 0.2) is 0 Å². The molecule has 3 nitrogen and oxygen atoms in total. The lowest BCUT2D eigenvalue weighted by Gasteiger charge is -2.40. The zero-order valence-corrected chi connectivity index (χ0v) is 12.5. The SMILES string of the molecule is CCNCC(CC)(CC)CN1CCCC(CO)C1. The molecule has 1 unspecified atom stereocenters. The minimum absolute atomic E-state index is 0.356. The van der Waals surface area contributed by atoms with Crippen molar-refractivity contribution in [3.63, 3.8) is 0 Å². The van der Waals surface area contributed by atoms with Gasteiger partial charge in [-0.3, -0.25) is 0 Å². The third kappa shape index (κ3) is 4.52. The molecule has 0 aromatic heterocycles. The Balaban J connectivity index is 2.53. The molecule has 1 aliphatic rings. The molecule has 0 bridgehead atoms. The van der Waals surface area contributed by atoms with Crippen LogP contribution in [0.1, 0.15) is 46.5 Å². The lowest BCUT2D eigenvalue weighted by Crippen LogP contribution is -2.47. The van der Waals surface area contributed by atoms with Crippen LogP contribution in [0, 0.1) is 11.3 Å². The second kappa shape index (κ2) is 8.13. The third-order valence-corrected chi connectivity index (χ3v) is 4.67. The van der Waals surface area contributed by atoms with Gasteiger partial charge in [-0.05, 0) is 50.1 Å². The summed E-state index contributed by atoms with van der Waals surface area (Å²) in [5, 5.41) is 12.9. The maximum Gasteiger partial charge on any atom is 0.0471 e. The predicted octanol–water partition coefficient (Wildman–Crippen LogP) is 2.11. The molecule has 0 aromatic carbocycles. The van der Waals surface area contributed by atoms with Crippen LogP contribution in [0.3, 0.4) is 0 Å². The zero-order chi connectivity index (χ0) is 13.4. The second-order valence-electron chi connectivity index (χ2n) is 5.91. The lowest BCUT2D eigenvalue weighted by molar-refractivity contribution is 0.0727. The molecular weight excluding hydrogens is 224 g/mol. The van der Waals surface area contributed by atoms with Gasteiger partial charge in [-0.2, -0.15) is 0 Å². The molecule has 0 amide bonds. The Morgan fingerprint density at radius 3 is 2.56 bits per heavy atom. The Morgan fingerprint density at radius 1 is 1.28 bits per heavy atom. The van der Waals surface area contributed by atoms with Crippen LogP contribution >= 0.6 is 0 Å². The van der Waals surface area contributed by atoms with Crippen LogP contribution in [0.2, 0.25) is 0 Å². The van der Waals surface area contributed by atoms with E-state index >= 15 is 0 Å². The van der Waals surface area contributed by atoms with Crippen molar-refractivity contribution in [1.29, 1.82) is 0 Å². The van der Waals surface area contributed by atoms with Crippen molar-refractivity contribution in [1.82, 2.24) is 10.2 Å². The maximum atomic E-state index is 9.32. The highest BCUT2D eigenvalue weighted by atomic mass is 16.3. The van der Waals surface area contributed by atoms with Gasteiger partial charge in [0.25, 0.3) is 0 Å². The Kier molecular flexibility index (Phi) is 7.20. The summed E-state index contributed by atoms with van der Waals surface area (Å²) in [6, 6.07) is 0. The summed E-state index contributed by atoms with van der Waals surface area (Å²) >= 11 is 0. The third-order valence-electron chi connectivity index (χ3n) is 4.67. The second-order valence-corrected chi connectivity index (χ2v) is 5.91. The monoisotopic (exact) mass is 256 g/mol. The number of aliphatic hydroxyl groups is 1. The molecule has 2 N–H and O–H groups in total. The molecule has 1 saturated heterocycles. The Bertz CT molecular complexity index is 217. The van der Waals surface area contributed by atoms with Crippen molar-refractivity contribution in [3.05, 3.63) is 0 Å². The Morgan fingerprint density at radius 2 is 2.00 bits per heavy atom. The minimum atomic E-state index is 0.356. The highest BCUT2D eigenvalue weighted by Crippen LogP contribution is 2.29. The molecule has 3 heteroatoms. The van der Waals surface area contributed by atoms with E-state index in [1.165, 1.54) is 38.8 Å². The van der Waals surface area contributed by atoms with Gasteiger partial charge in [-0.1, -0.05) is 20.8 Å². The van der Waals surface area contributed by atoms with Gasteiger partial charge in [0, 0.05) is 26.2 Å². The first-order chi connectivity index (χ1) is 8.69. The number of hydrogen-bond donors (Lipinski definition) is 2. The average Bonchev–Trinajstić information content (AvgIpc) is 2.44. The van der Waals surface area contributed by atoms with Gasteiger partial charge < -0.3 is 15.3 Å². The van der Waals surface area contributed by atoms with Gasteiger partial charge in [-0.15, -0.1) is 0 Å². The van der Waals surface area contributed by atoms with Gasteiger partial charge in [0.1, 0.15) is 0 Å². The molecule has 0 spiro atoms. The van der Waals surface area contributed by atoms with Crippen LogP contribution in [0.5, 0.6) is 0 Å². The van der Waals surface area contributed by atoms with Crippen molar-refractivity contribution in [2.24, 2.45) is 11.3 Å². The van der Waals surface area contributed by atoms with Gasteiger partial charge >= 0.3 is 0 Å². The Labute approximate surface area is 113 Å². The number of piperidine rings is 1. The highest BCUT2D eigenvalue weighted by molar-refractivity contribution is 4.85. The topological polar surface area (TPSA) is 35.5 Å². The van der Waals surface area contributed by atoms with Crippen LogP contribution in [-0.4, -0.2) is 49.3 Å². The first kappa shape index (κ1) is 15.9. The van der Waals surface area contributed by atoms with E-state index in [1.54, 1.807) is 0 Å². The zero-order valence-electron chi connectivity index (χ0n) is 12.5. The number of hydrogen-bond acceptors (Lipinski definition) is 3. The van der Waals surface area contributed by atoms with E-state index < -0.39 is 0 Å². The summed E-state index contributed by atoms with van der Waals surface area (Å²) in [5.41, 5.74) is 0.410. The normalized spacial score (nSPS) is 22.3. The lowest BCUT2D eigenvalue weighted by atomic mass is 9.80. The smallest absolute Gasteiger partial charge is 0.0471 e. The quantitative estimate of drug-likeness (QED) is 0.698. The number of aliphatic hydroxyl groups excluding tert-OH is 1. The van der Waals surface area contributed by atoms with Crippen LogP contribution in [0.15, 0.2) is 0 Å². The van der Waals surface area contributed by atoms with E-state index in [9.17, 15) is 5.11 Å². The molecule has 0 radical (unpaired) electrons. The molecule has 0 aromatic rings. The average molecular weight is 256 g/mol. The molecular formula is C15H32N2O. The minimum Gasteiger partial charge on any atom is -0.396 e. The summed E-state index contributed by atoms with van der Waals surface area (Å²) in [4.78, 5) is 2.58. The number of rotatable bonds is 8. The first-order valence-electron chi connectivity index (χ1n) is 7.73. The fourth-order valence-electron chi connectivity index (χ4n) is 3.09. The molecule has 1 heterocycles. The number of likely N-dealkylation sites (tertiary alicyclic amines) is 1. The fraction of sp³-hybridized carbons (Fsp3) is 1.00. The van der Waals surface area contributed by atoms with E-state index in [0.29, 0.717) is 17.9 Å². The van der Waals surface area contributed by atoms with Crippen molar-refractivity contribution in [3.8, 4) is 0 Å². The summed E-state index contributed by atoms with van der Waals surface area (Å²) in [6.45, 7) is 12.8. The van der Waals surface area contributed by atoms with Gasteiger partial charge in [-0.25, -0.2) is 0 Å². The largest absolute Gasteiger partial charge is 0.396 e. The molecule has 1 rings (SSSR count). The molecule has 1 aliphatic heterocycles. The maximum absolute atomic E-state index is 9.32. The number of nitrogens with one attached hydrogen (secondary N) is 1. The van der Waals surface area contributed by atoms with E-state index in [2.05, 4.69) is 31.0 Å². The summed E-state index contributed by atoms with van der Waals surface area (Å²) in [6.07, 6.45) is 4.91. The molecule has 18 heavy (non-hydrogen) atoms. The van der Waals surface area contributed by atoms with Crippen molar-refractivity contribution in [2.45, 2.75) is 46.5 Å².